The summed E-state index contributed by atoms with van der Waals surface area (Å²) in [6.45, 7) is 2.74. The number of nitrogens with one attached hydrogen (secondary N) is 2. The molecule has 2 aliphatic rings. The topological polar surface area (TPSA) is 91.4 Å². The normalized spacial score (nSPS) is 17.2. The average molecular weight is 407 g/mol. The monoisotopic (exact) mass is 406 g/mol. The van der Waals surface area contributed by atoms with E-state index in [4.69, 9.17) is 0 Å². The molecule has 0 radical (unpaired) electrons. The summed E-state index contributed by atoms with van der Waals surface area (Å²) in [5.74, 6) is -0.0598. The van der Waals surface area contributed by atoms with Crippen molar-refractivity contribution in [2.75, 3.05) is 18.4 Å². The average Bonchev–Trinajstić information content (AvgIpc) is 3.45. The van der Waals surface area contributed by atoms with E-state index in [1.54, 1.807) is 10.3 Å². The van der Waals surface area contributed by atoms with Crippen LogP contribution in [0.1, 0.15) is 64.0 Å². The molecule has 7 nitrogen and oxygen atoms in total. The Balaban J connectivity index is 1.51. The molecule has 0 atom stereocenters. The Kier molecular flexibility index (Phi) is 7.42. The number of aromatic nitrogens is 1. The fourth-order valence-electron chi connectivity index (χ4n) is 3.61. The van der Waals surface area contributed by atoms with E-state index in [9.17, 15) is 14.4 Å². The highest BCUT2D eigenvalue weighted by Crippen LogP contribution is 2.32. The Hall–Kier alpha value is -1.96. The van der Waals surface area contributed by atoms with E-state index in [1.165, 1.54) is 17.8 Å². The molecule has 3 rings (SSSR count). The molecule has 0 saturated heterocycles. The van der Waals surface area contributed by atoms with Gasteiger partial charge in [0, 0.05) is 23.9 Å². The number of amides is 3. The van der Waals surface area contributed by atoms with Crippen LogP contribution in [-0.2, 0) is 20.8 Å². The van der Waals surface area contributed by atoms with Crippen LogP contribution in [0.2, 0.25) is 0 Å². The molecular weight excluding hydrogens is 376 g/mol. The largest absolute Gasteiger partial charge is 0.356 e. The zero-order chi connectivity index (χ0) is 19.9. The van der Waals surface area contributed by atoms with Crippen LogP contribution in [-0.4, -0.2) is 46.7 Å². The minimum Gasteiger partial charge on any atom is -0.356 e. The summed E-state index contributed by atoms with van der Waals surface area (Å²) in [7, 11) is 0. The number of hydrogen-bond donors (Lipinski definition) is 2. The molecular formula is C20H30N4O3S. The summed E-state index contributed by atoms with van der Waals surface area (Å²) < 4.78 is 0. The van der Waals surface area contributed by atoms with Crippen LogP contribution >= 0.6 is 11.3 Å². The van der Waals surface area contributed by atoms with E-state index in [1.807, 2.05) is 6.92 Å². The van der Waals surface area contributed by atoms with Crippen molar-refractivity contribution < 1.29 is 14.4 Å². The third-order valence-corrected chi connectivity index (χ3v) is 6.06. The van der Waals surface area contributed by atoms with Crippen LogP contribution in [0, 0.1) is 5.92 Å². The highest BCUT2D eigenvalue weighted by Gasteiger charge is 2.37. The van der Waals surface area contributed by atoms with E-state index in [-0.39, 0.29) is 42.6 Å². The van der Waals surface area contributed by atoms with Crippen molar-refractivity contribution in [3.8, 4) is 0 Å². The van der Waals surface area contributed by atoms with E-state index in [0.717, 1.165) is 44.9 Å². The first-order chi connectivity index (χ1) is 13.6. The Morgan fingerprint density at radius 3 is 2.57 bits per heavy atom. The summed E-state index contributed by atoms with van der Waals surface area (Å²) in [6.07, 6.45) is 8.38. The summed E-state index contributed by atoms with van der Waals surface area (Å²) in [6, 6.07) is 0.217. The first-order valence-corrected chi connectivity index (χ1v) is 11.3. The molecule has 0 unspecified atom stereocenters. The third-order valence-electron chi connectivity index (χ3n) is 5.25. The molecule has 3 amide bonds. The fraction of sp³-hybridized carbons (Fsp3) is 0.700. The summed E-state index contributed by atoms with van der Waals surface area (Å²) >= 11 is 1.30. The van der Waals surface area contributed by atoms with Crippen molar-refractivity contribution in [1.29, 1.82) is 0 Å². The van der Waals surface area contributed by atoms with Crippen molar-refractivity contribution in [2.45, 2.75) is 70.8 Å². The summed E-state index contributed by atoms with van der Waals surface area (Å²) in [5.41, 5.74) is 0.645. The van der Waals surface area contributed by atoms with Gasteiger partial charge in [0.15, 0.2) is 5.13 Å². The summed E-state index contributed by atoms with van der Waals surface area (Å²) in [4.78, 5) is 43.2. The van der Waals surface area contributed by atoms with Crippen molar-refractivity contribution >= 4 is 34.2 Å². The second-order valence-electron chi connectivity index (χ2n) is 7.75. The van der Waals surface area contributed by atoms with Crippen molar-refractivity contribution in [1.82, 2.24) is 15.2 Å². The van der Waals surface area contributed by atoms with E-state index in [2.05, 4.69) is 15.6 Å². The number of carbonyl (C=O) groups is 3. The number of anilines is 1. The molecule has 2 aliphatic carbocycles. The van der Waals surface area contributed by atoms with Crippen LogP contribution in [0.25, 0.3) is 0 Å². The van der Waals surface area contributed by atoms with Gasteiger partial charge in [0.1, 0.15) is 6.54 Å². The maximum absolute atomic E-state index is 12.9. The Morgan fingerprint density at radius 2 is 1.89 bits per heavy atom. The molecule has 0 bridgehead atoms. The maximum Gasteiger partial charge on any atom is 0.245 e. The molecule has 8 heteroatoms. The van der Waals surface area contributed by atoms with Gasteiger partial charge in [0.25, 0.3) is 0 Å². The number of nitrogens with zero attached hydrogens (tertiary/aromatic N) is 2. The summed E-state index contributed by atoms with van der Waals surface area (Å²) in [5, 5.41) is 7.87. The molecule has 0 aliphatic heterocycles. The lowest BCUT2D eigenvalue weighted by molar-refractivity contribution is -0.139. The predicted octanol–water partition coefficient (Wildman–Crippen LogP) is 2.72. The SMILES string of the molecule is CCCNC(=O)Cc1csc(NC(=O)CN(C(=O)C2CCCCC2)C2CC2)n1. The predicted molar refractivity (Wildman–Crippen MR) is 109 cm³/mol. The molecule has 0 spiro atoms. The Labute approximate surface area is 170 Å². The van der Waals surface area contributed by atoms with Crippen LogP contribution < -0.4 is 10.6 Å². The molecule has 2 N–H and O–H groups in total. The fourth-order valence-corrected chi connectivity index (χ4v) is 4.33. The molecule has 2 fully saturated rings. The van der Waals surface area contributed by atoms with Crippen molar-refractivity contribution in [2.24, 2.45) is 5.92 Å². The lowest BCUT2D eigenvalue weighted by Crippen LogP contribution is -2.43. The van der Waals surface area contributed by atoms with Gasteiger partial charge in [-0.1, -0.05) is 26.2 Å². The van der Waals surface area contributed by atoms with Gasteiger partial charge in [-0.05, 0) is 32.1 Å². The van der Waals surface area contributed by atoms with E-state index >= 15 is 0 Å². The number of carbonyl (C=O) groups excluding carboxylic acids is 3. The Bertz CT molecular complexity index is 695. The molecule has 154 valence electrons. The lowest BCUT2D eigenvalue weighted by atomic mass is 9.88. The molecule has 1 aromatic heterocycles. The molecule has 1 heterocycles. The van der Waals surface area contributed by atoms with E-state index < -0.39 is 0 Å². The Morgan fingerprint density at radius 1 is 1.14 bits per heavy atom. The quantitative estimate of drug-likeness (QED) is 0.660. The van der Waals surface area contributed by atoms with Gasteiger partial charge in [0.05, 0.1) is 12.1 Å². The number of hydrogen-bond acceptors (Lipinski definition) is 5. The van der Waals surface area contributed by atoms with Crippen LogP contribution in [0.15, 0.2) is 5.38 Å². The first kappa shape index (κ1) is 20.8. The number of rotatable bonds is 9. The van der Waals surface area contributed by atoms with Crippen LogP contribution in [0.5, 0.6) is 0 Å². The standard InChI is InChI=1S/C20H30N4O3S/c1-2-10-21-17(25)11-15-13-28-20(22-15)23-18(26)12-24(16-8-9-16)19(27)14-6-4-3-5-7-14/h13-14,16H,2-12H2,1H3,(H,21,25)(H,22,23,26). The minimum absolute atomic E-state index is 0.0667. The third kappa shape index (κ3) is 6.02. The molecule has 28 heavy (non-hydrogen) atoms. The van der Waals surface area contributed by atoms with Gasteiger partial charge in [-0.25, -0.2) is 4.98 Å². The number of thiazole rings is 1. The lowest BCUT2D eigenvalue weighted by Gasteiger charge is -2.28. The zero-order valence-corrected chi connectivity index (χ0v) is 17.4. The van der Waals surface area contributed by atoms with Crippen LogP contribution in [0.4, 0.5) is 5.13 Å². The maximum atomic E-state index is 12.9. The van der Waals surface area contributed by atoms with Gasteiger partial charge in [-0.3, -0.25) is 14.4 Å². The first-order valence-electron chi connectivity index (χ1n) is 10.4. The van der Waals surface area contributed by atoms with Crippen LogP contribution in [0.3, 0.4) is 0 Å². The second kappa shape index (κ2) is 10.0. The minimum atomic E-state index is -0.215. The van der Waals surface area contributed by atoms with Gasteiger partial charge < -0.3 is 15.5 Å². The highest BCUT2D eigenvalue weighted by molar-refractivity contribution is 7.13. The van der Waals surface area contributed by atoms with Gasteiger partial charge >= 0.3 is 0 Å². The molecule has 2 saturated carbocycles. The smallest absolute Gasteiger partial charge is 0.245 e. The molecule has 0 aromatic carbocycles. The van der Waals surface area contributed by atoms with Crippen molar-refractivity contribution in [3.63, 3.8) is 0 Å². The van der Waals surface area contributed by atoms with Gasteiger partial charge in [0.2, 0.25) is 17.7 Å². The van der Waals surface area contributed by atoms with Gasteiger partial charge in [-0.2, -0.15) is 0 Å². The second-order valence-corrected chi connectivity index (χ2v) is 8.61. The highest BCUT2D eigenvalue weighted by atomic mass is 32.1. The van der Waals surface area contributed by atoms with E-state index in [0.29, 0.717) is 17.4 Å². The molecule has 1 aromatic rings. The van der Waals surface area contributed by atoms with Crippen molar-refractivity contribution in [3.05, 3.63) is 11.1 Å². The zero-order valence-electron chi connectivity index (χ0n) is 16.5. The van der Waals surface area contributed by atoms with Gasteiger partial charge in [-0.15, -0.1) is 11.3 Å².